The van der Waals surface area contributed by atoms with Gasteiger partial charge in [-0.05, 0) is 18.9 Å². The minimum absolute atomic E-state index is 0.230. The van der Waals surface area contributed by atoms with E-state index < -0.39 is 10.2 Å². The SMILES string of the molecule is CNc1nccc([C@@H]2CCCCN2S(=O)(=O)N2CCOCC2)n1. The van der Waals surface area contributed by atoms with E-state index in [-0.39, 0.29) is 6.04 Å². The van der Waals surface area contributed by atoms with E-state index >= 15 is 0 Å². The molecule has 2 saturated heterocycles. The highest BCUT2D eigenvalue weighted by Crippen LogP contribution is 2.33. The molecule has 3 heterocycles. The second-order valence-electron chi connectivity index (χ2n) is 5.70. The topological polar surface area (TPSA) is 87.7 Å². The van der Waals surface area contributed by atoms with Gasteiger partial charge in [-0.3, -0.25) is 0 Å². The van der Waals surface area contributed by atoms with Crippen molar-refractivity contribution < 1.29 is 13.2 Å². The van der Waals surface area contributed by atoms with Gasteiger partial charge in [0.25, 0.3) is 10.2 Å². The van der Waals surface area contributed by atoms with Crippen LogP contribution in [0.25, 0.3) is 0 Å². The lowest BCUT2D eigenvalue weighted by atomic mass is 10.0. The van der Waals surface area contributed by atoms with Gasteiger partial charge < -0.3 is 10.1 Å². The van der Waals surface area contributed by atoms with Crippen molar-refractivity contribution in [3.8, 4) is 0 Å². The van der Waals surface area contributed by atoms with Gasteiger partial charge in [-0.25, -0.2) is 9.97 Å². The third kappa shape index (κ3) is 3.47. The van der Waals surface area contributed by atoms with Crippen LogP contribution >= 0.6 is 0 Å². The van der Waals surface area contributed by atoms with Crippen LogP contribution in [0.3, 0.4) is 0 Å². The molecule has 1 atom stereocenters. The first-order valence-electron chi connectivity index (χ1n) is 7.98. The highest BCUT2D eigenvalue weighted by atomic mass is 32.2. The van der Waals surface area contributed by atoms with Crippen molar-refractivity contribution in [1.82, 2.24) is 18.6 Å². The molecule has 1 aromatic rings. The van der Waals surface area contributed by atoms with Gasteiger partial charge in [0.1, 0.15) is 0 Å². The summed E-state index contributed by atoms with van der Waals surface area (Å²) < 4.78 is 34.4. The van der Waals surface area contributed by atoms with Gasteiger partial charge >= 0.3 is 0 Å². The largest absolute Gasteiger partial charge is 0.379 e. The maximum absolute atomic E-state index is 13.0. The van der Waals surface area contributed by atoms with Crippen LogP contribution in [0.1, 0.15) is 31.0 Å². The number of ether oxygens (including phenoxy) is 1. The van der Waals surface area contributed by atoms with Crippen molar-refractivity contribution in [3.63, 3.8) is 0 Å². The normalized spacial score (nSPS) is 24.5. The average Bonchev–Trinajstić information content (AvgIpc) is 2.62. The summed E-state index contributed by atoms with van der Waals surface area (Å²) in [5, 5.41) is 2.91. The van der Waals surface area contributed by atoms with E-state index in [0.29, 0.717) is 38.8 Å². The van der Waals surface area contributed by atoms with Crippen molar-refractivity contribution in [2.45, 2.75) is 25.3 Å². The lowest BCUT2D eigenvalue weighted by Gasteiger charge is -2.38. The minimum atomic E-state index is -3.50. The second-order valence-corrected chi connectivity index (χ2v) is 7.58. The molecule has 2 aliphatic heterocycles. The van der Waals surface area contributed by atoms with E-state index in [9.17, 15) is 8.42 Å². The zero-order chi connectivity index (χ0) is 16.3. The molecule has 1 N–H and O–H groups in total. The molecule has 1 aromatic heterocycles. The van der Waals surface area contributed by atoms with Gasteiger partial charge in [-0.2, -0.15) is 17.0 Å². The van der Waals surface area contributed by atoms with Crippen LogP contribution in [-0.2, 0) is 14.9 Å². The van der Waals surface area contributed by atoms with Gasteiger partial charge in [-0.1, -0.05) is 6.42 Å². The van der Waals surface area contributed by atoms with Crippen molar-refractivity contribution in [2.24, 2.45) is 0 Å². The molecule has 9 heteroatoms. The number of rotatable bonds is 4. The number of nitrogens with zero attached hydrogens (tertiary/aromatic N) is 4. The maximum Gasteiger partial charge on any atom is 0.282 e. The Morgan fingerprint density at radius 2 is 2.04 bits per heavy atom. The monoisotopic (exact) mass is 341 g/mol. The highest BCUT2D eigenvalue weighted by Gasteiger charge is 2.38. The summed E-state index contributed by atoms with van der Waals surface area (Å²) in [5.74, 6) is 0.511. The summed E-state index contributed by atoms with van der Waals surface area (Å²) in [4.78, 5) is 8.56. The molecule has 0 aromatic carbocycles. The smallest absolute Gasteiger partial charge is 0.282 e. The molecule has 0 bridgehead atoms. The zero-order valence-electron chi connectivity index (χ0n) is 13.3. The first kappa shape index (κ1) is 16.6. The summed E-state index contributed by atoms with van der Waals surface area (Å²) in [6.45, 7) is 2.27. The lowest BCUT2D eigenvalue weighted by molar-refractivity contribution is 0.0681. The van der Waals surface area contributed by atoms with E-state index in [2.05, 4.69) is 15.3 Å². The average molecular weight is 341 g/mol. The lowest BCUT2D eigenvalue weighted by Crippen LogP contribution is -2.51. The van der Waals surface area contributed by atoms with E-state index in [1.54, 1.807) is 23.6 Å². The van der Waals surface area contributed by atoms with Crippen LogP contribution in [0.15, 0.2) is 12.3 Å². The van der Waals surface area contributed by atoms with Gasteiger partial charge in [0.2, 0.25) is 5.95 Å². The number of piperidine rings is 1. The summed E-state index contributed by atoms with van der Waals surface area (Å²) in [6, 6.07) is 1.57. The molecule has 0 aliphatic carbocycles. The standard InChI is InChI=1S/C14H23N5O3S/c1-15-14-16-6-5-12(17-14)13-4-2-3-7-19(13)23(20,21)18-8-10-22-11-9-18/h5-6,13H,2-4,7-11H2,1H3,(H,15,16,17)/t13-/m0/s1. The Hall–Kier alpha value is -1.29. The van der Waals surface area contributed by atoms with Crippen LogP contribution in [0.4, 0.5) is 5.95 Å². The molecule has 2 aliphatic rings. The summed E-state index contributed by atoms with van der Waals surface area (Å²) in [7, 11) is -1.74. The summed E-state index contributed by atoms with van der Waals surface area (Å²) in [5.41, 5.74) is 0.751. The van der Waals surface area contributed by atoms with Crippen molar-refractivity contribution in [3.05, 3.63) is 18.0 Å². The first-order chi connectivity index (χ1) is 11.1. The van der Waals surface area contributed by atoms with Crippen LogP contribution < -0.4 is 5.32 Å². The fraction of sp³-hybridized carbons (Fsp3) is 0.714. The van der Waals surface area contributed by atoms with Crippen LogP contribution in [0.5, 0.6) is 0 Å². The summed E-state index contributed by atoms with van der Waals surface area (Å²) in [6.07, 6.45) is 4.33. The van der Waals surface area contributed by atoms with Crippen molar-refractivity contribution in [1.29, 1.82) is 0 Å². The Labute approximate surface area is 137 Å². The molecule has 0 spiro atoms. The van der Waals surface area contributed by atoms with Gasteiger partial charge in [0.05, 0.1) is 24.9 Å². The Morgan fingerprint density at radius 3 is 2.78 bits per heavy atom. The Bertz CT molecular complexity index is 633. The fourth-order valence-electron chi connectivity index (χ4n) is 3.08. The fourth-order valence-corrected chi connectivity index (χ4v) is 4.88. The van der Waals surface area contributed by atoms with Gasteiger partial charge in [-0.15, -0.1) is 0 Å². The molecular formula is C14H23N5O3S. The zero-order valence-corrected chi connectivity index (χ0v) is 14.1. The van der Waals surface area contributed by atoms with E-state index in [1.807, 2.05) is 0 Å². The van der Waals surface area contributed by atoms with Crippen LogP contribution in [-0.4, -0.2) is 66.9 Å². The molecule has 0 radical (unpaired) electrons. The van der Waals surface area contributed by atoms with Gasteiger partial charge in [0, 0.05) is 32.9 Å². The second kappa shape index (κ2) is 7.08. The van der Waals surface area contributed by atoms with Crippen LogP contribution in [0.2, 0.25) is 0 Å². The number of aromatic nitrogens is 2. The maximum atomic E-state index is 13.0. The molecule has 8 nitrogen and oxygen atoms in total. The number of morpholine rings is 1. The molecule has 0 saturated carbocycles. The van der Waals surface area contributed by atoms with Crippen molar-refractivity contribution in [2.75, 3.05) is 45.2 Å². The number of hydrogen-bond acceptors (Lipinski definition) is 6. The molecule has 0 amide bonds. The van der Waals surface area contributed by atoms with E-state index in [1.165, 1.54) is 4.31 Å². The van der Waals surface area contributed by atoms with Gasteiger partial charge in [0.15, 0.2) is 0 Å². The number of nitrogens with one attached hydrogen (secondary N) is 1. The molecule has 128 valence electrons. The molecule has 2 fully saturated rings. The molecule has 3 rings (SSSR count). The third-order valence-electron chi connectivity index (χ3n) is 4.29. The number of hydrogen-bond donors (Lipinski definition) is 1. The molecule has 0 unspecified atom stereocenters. The first-order valence-corrected chi connectivity index (χ1v) is 9.38. The predicted octanol–water partition coefficient (Wildman–Crippen LogP) is 0.622. The summed E-state index contributed by atoms with van der Waals surface area (Å²) >= 11 is 0. The predicted molar refractivity (Wildman–Crippen MR) is 86.2 cm³/mol. The van der Waals surface area contributed by atoms with Crippen LogP contribution in [0, 0.1) is 0 Å². The van der Waals surface area contributed by atoms with E-state index in [4.69, 9.17) is 4.74 Å². The quantitative estimate of drug-likeness (QED) is 0.864. The molecular weight excluding hydrogens is 318 g/mol. The third-order valence-corrected chi connectivity index (χ3v) is 6.34. The highest BCUT2D eigenvalue weighted by molar-refractivity contribution is 7.86. The minimum Gasteiger partial charge on any atom is -0.379 e. The van der Waals surface area contributed by atoms with E-state index in [0.717, 1.165) is 25.0 Å². The number of anilines is 1. The Morgan fingerprint density at radius 1 is 1.26 bits per heavy atom. The van der Waals surface area contributed by atoms with Crippen molar-refractivity contribution >= 4 is 16.2 Å². The Balaban J connectivity index is 1.88. The molecule has 23 heavy (non-hydrogen) atoms. The Kier molecular flexibility index (Phi) is 5.10.